The lowest BCUT2D eigenvalue weighted by atomic mass is 9.90. The molecule has 3 aromatic rings. The van der Waals surface area contributed by atoms with Gasteiger partial charge in [0.25, 0.3) is 0 Å². The van der Waals surface area contributed by atoms with Crippen LogP contribution in [0.4, 0.5) is 9.59 Å². The molecular weight excluding hydrogens is 578 g/mol. The van der Waals surface area contributed by atoms with E-state index in [4.69, 9.17) is 21.3 Å². The number of nitrogens with one attached hydrogen (secondary N) is 2. The molecule has 1 unspecified atom stereocenters. The Morgan fingerprint density at radius 3 is 2.43 bits per heavy atom. The number of hydrogen-bond donors (Lipinski definition) is 2. The number of pyridine rings is 1. The molecule has 44 heavy (non-hydrogen) atoms. The number of nitrogens with zero attached hydrogens (tertiary/aromatic N) is 5. The van der Waals surface area contributed by atoms with Crippen molar-refractivity contribution >= 4 is 35.4 Å². The Kier molecular flexibility index (Phi) is 8.77. The molecule has 5 rings (SSSR count). The predicted octanol–water partition coefficient (Wildman–Crippen LogP) is 5.80. The zero-order valence-corrected chi connectivity index (χ0v) is 27.3. The van der Waals surface area contributed by atoms with Gasteiger partial charge in [0.15, 0.2) is 0 Å². The van der Waals surface area contributed by atoms with Gasteiger partial charge in [0.2, 0.25) is 0 Å². The zero-order chi connectivity index (χ0) is 31.8. The topological polar surface area (TPSA) is 105 Å². The van der Waals surface area contributed by atoms with Crippen molar-refractivity contribution in [3.63, 3.8) is 0 Å². The zero-order valence-electron chi connectivity index (χ0n) is 26.5. The molecule has 3 heterocycles. The average Bonchev–Trinajstić information content (AvgIpc) is 3.30. The van der Waals surface area contributed by atoms with Gasteiger partial charge in [-0.25, -0.2) is 14.6 Å². The highest BCUT2D eigenvalue weighted by atomic mass is 35.5. The van der Waals surface area contributed by atoms with Crippen LogP contribution in [0.5, 0.6) is 0 Å². The molecule has 0 radical (unpaired) electrons. The number of rotatable bonds is 4. The predicted molar refractivity (Wildman–Crippen MR) is 172 cm³/mol. The minimum absolute atomic E-state index is 0.205. The highest BCUT2D eigenvalue weighted by Crippen LogP contribution is 2.44. The van der Waals surface area contributed by atoms with Crippen LogP contribution in [0, 0.1) is 0 Å². The largest absolute Gasteiger partial charge is 0.444 e. The van der Waals surface area contributed by atoms with E-state index >= 15 is 0 Å². The molecule has 1 fully saturated rings. The number of hydrogen-bond acceptors (Lipinski definition) is 6. The van der Waals surface area contributed by atoms with Crippen LogP contribution in [0.25, 0.3) is 11.6 Å². The van der Waals surface area contributed by atoms with Gasteiger partial charge in [0.1, 0.15) is 5.60 Å². The highest BCUT2D eigenvalue weighted by molar-refractivity contribution is 6.30. The summed E-state index contributed by atoms with van der Waals surface area (Å²) in [6.45, 7) is 13.8. The number of amides is 3. The number of aromatic nitrogens is 3. The fraction of sp³-hybridized carbons (Fsp3) is 0.455. The summed E-state index contributed by atoms with van der Waals surface area (Å²) in [5, 5.41) is 6.84. The monoisotopic (exact) mass is 619 g/mol. The summed E-state index contributed by atoms with van der Waals surface area (Å²) in [5.41, 5.74) is 4.50. The molecule has 3 amide bonds. The molecule has 2 aliphatic rings. The van der Waals surface area contributed by atoms with Crippen molar-refractivity contribution in [1.82, 2.24) is 35.0 Å². The molecule has 2 aromatic heterocycles. The van der Waals surface area contributed by atoms with Crippen LogP contribution >= 0.6 is 11.6 Å². The Morgan fingerprint density at radius 1 is 1.07 bits per heavy atom. The number of carbonyl (C=O) groups is 2. The van der Waals surface area contributed by atoms with E-state index in [1.807, 2.05) is 77.6 Å². The third-order valence-corrected chi connectivity index (χ3v) is 7.85. The van der Waals surface area contributed by atoms with E-state index in [2.05, 4.69) is 38.7 Å². The number of carbonyl (C=O) groups excluding carboxylic acids is 2. The Morgan fingerprint density at radius 2 is 1.80 bits per heavy atom. The summed E-state index contributed by atoms with van der Waals surface area (Å²) >= 11 is 6.67. The second-order valence-electron chi connectivity index (χ2n) is 13.4. The number of benzene rings is 1. The second-order valence-corrected chi connectivity index (χ2v) is 13.9. The molecule has 10 nitrogen and oxygen atoms in total. The quantitative estimate of drug-likeness (QED) is 0.382. The summed E-state index contributed by atoms with van der Waals surface area (Å²) in [5.74, 6) is 0. The number of piperazine rings is 1. The van der Waals surface area contributed by atoms with Crippen LogP contribution in [-0.4, -0.2) is 73.8 Å². The minimum Gasteiger partial charge on any atom is -0.444 e. The van der Waals surface area contributed by atoms with Crippen molar-refractivity contribution in [3.8, 4) is 0 Å². The molecular formula is C33H42ClN7O3. The standard InChI is InChI=1S/C33H42ClN7O3/c1-32(2,3)38-30(42)37-28(26-19-35-20-39(26)7)25-17-21-9-8-12-36-27(21)29(23-11-10-22(34)18-24(23)25)40-13-15-41(16-14-40)31(43)44-33(4,5)6/h8-12,17-20,28-29H,13-16H2,1-7H3,(H2,37,38,42)/t28?,29-/m0/s1. The first kappa shape index (κ1) is 31.5. The smallest absolute Gasteiger partial charge is 0.410 e. The van der Waals surface area contributed by atoms with Gasteiger partial charge in [-0.3, -0.25) is 9.88 Å². The van der Waals surface area contributed by atoms with Crippen LogP contribution in [0.2, 0.25) is 5.02 Å². The molecule has 1 aromatic carbocycles. The Labute approximate surface area is 264 Å². The normalized spacial score (nSPS) is 18.0. The van der Waals surface area contributed by atoms with E-state index in [0.29, 0.717) is 31.2 Å². The van der Waals surface area contributed by atoms with Crippen molar-refractivity contribution in [3.05, 3.63) is 82.2 Å². The maximum absolute atomic E-state index is 13.3. The highest BCUT2D eigenvalue weighted by Gasteiger charge is 2.37. The molecule has 0 saturated carbocycles. The maximum atomic E-state index is 13.3. The summed E-state index contributed by atoms with van der Waals surface area (Å²) in [7, 11) is 1.91. The van der Waals surface area contributed by atoms with Gasteiger partial charge in [-0.2, -0.15) is 0 Å². The van der Waals surface area contributed by atoms with Gasteiger partial charge in [0.05, 0.1) is 36.0 Å². The number of aryl methyl sites for hydroxylation is 1. The van der Waals surface area contributed by atoms with Crippen LogP contribution in [0.3, 0.4) is 0 Å². The summed E-state index contributed by atoms with van der Waals surface area (Å²) < 4.78 is 7.55. The lowest BCUT2D eigenvalue weighted by Gasteiger charge is -2.40. The van der Waals surface area contributed by atoms with Crippen molar-refractivity contribution < 1.29 is 14.3 Å². The van der Waals surface area contributed by atoms with Crippen LogP contribution in [0.15, 0.2) is 49.1 Å². The molecule has 0 bridgehead atoms. The van der Waals surface area contributed by atoms with Crippen molar-refractivity contribution in [2.75, 3.05) is 26.2 Å². The Hall–Kier alpha value is -3.89. The average molecular weight is 620 g/mol. The Balaban J connectivity index is 1.58. The van der Waals surface area contributed by atoms with Crippen molar-refractivity contribution in [2.24, 2.45) is 7.05 Å². The van der Waals surface area contributed by atoms with E-state index in [1.165, 1.54) is 0 Å². The van der Waals surface area contributed by atoms with Gasteiger partial charge < -0.3 is 24.8 Å². The maximum Gasteiger partial charge on any atom is 0.410 e. The van der Waals surface area contributed by atoms with E-state index in [9.17, 15) is 9.59 Å². The van der Waals surface area contributed by atoms with Gasteiger partial charge >= 0.3 is 12.1 Å². The van der Waals surface area contributed by atoms with Crippen molar-refractivity contribution in [2.45, 2.75) is 64.8 Å². The van der Waals surface area contributed by atoms with E-state index in [-0.39, 0.29) is 18.2 Å². The lowest BCUT2D eigenvalue weighted by Crippen LogP contribution is -2.51. The van der Waals surface area contributed by atoms with Gasteiger partial charge in [-0.15, -0.1) is 0 Å². The molecule has 2 N–H and O–H groups in total. The lowest BCUT2D eigenvalue weighted by molar-refractivity contribution is 0.0118. The molecule has 1 saturated heterocycles. The van der Waals surface area contributed by atoms with E-state index in [1.54, 1.807) is 17.4 Å². The number of ether oxygens (including phenoxy) is 1. The summed E-state index contributed by atoms with van der Waals surface area (Å²) in [6, 6.07) is 8.84. The molecule has 11 heteroatoms. The molecule has 234 valence electrons. The minimum atomic E-state index is -0.555. The number of urea groups is 1. The first-order valence-electron chi connectivity index (χ1n) is 14.9. The third kappa shape index (κ3) is 7.08. The van der Waals surface area contributed by atoms with E-state index < -0.39 is 17.2 Å². The van der Waals surface area contributed by atoms with Crippen LogP contribution in [-0.2, 0) is 11.8 Å². The van der Waals surface area contributed by atoms with Crippen molar-refractivity contribution in [1.29, 1.82) is 0 Å². The van der Waals surface area contributed by atoms with Crippen LogP contribution < -0.4 is 10.6 Å². The molecule has 0 spiro atoms. The summed E-state index contributed by atoms with van der Waals surface area (Å²) in [4.78, 5) is 39.6. The number of imidazole rings is 1. The van der Waals surface area contributed by atoms with Gasteiger partial charge in [0, 0.05) is 50.0 Å². The van der Waals surface area contributed by atoms with E-state index in [0.717, 1.165) is 33.7 Å². The second kappa shape index (κ2) is 12.2. The number of fused-ring (bicyclic) bond motifs is 2. The fourth-order valence-corrected chi connectivity index (χ4v) is 5.92. The third-order valence-electron chi connectivity index (χ3n) is 7.62. The van der Waals surface area contributed by atoms with Gasteiger partial charge in [-0.05, 0) is 88.1 Å². The molecule has 2 atom stereocenters. The summed E-state index contributed by atoms with van der Waals surface area (Å²) in [6.07, 6.45) is 7.11. The Bertz CT molecular complexity index is 1560. The first-order valence-corrected chi connectivity index (χ1v) is 15.3. The number of halogens is 1. The molecule has 1 aliphatic heterocycles. The van der Waals surface area contributed by atoms with Gasteiger partial charge in [-0.1, -0.05) is 23.7 Å². The fourth-order valence-electron chi connectivity index (χ4n) is 5.75. The SMILES string of the molecule is Cn1cncc1C(NC(=O)NC(C)(C)C)C1=Cc2cccnc2[C@@H](N2CCN(C(=O)OC(C)(C)C)CC2)c2ccc(Cl)cc21. The first-order chi connectivity index (χ1) is 20.7. The van der Waals surface area contributed by atoms with Crippen LogP contribution in [0.1, 0.15) is 81.7 Å². The molecule has 1 aliphatic carbocycles.